The molecule has 0 aromatic rings. The fraction of sp³-hybridized carbons (Fsp3) is 0.818. The van der Waals surface area contributed by atoms with E-state index < -0.39 is 0 Å². The Hall–Kier alpha value is -0.260. The van der Waals surface area contributed by atoms with Crippen LogP contribution in [-0.2, 0) is 0 Å². The number of rotatable bonds is 0. The van der Waals surface area contributed by atoms with Gasteiger partial charge in [-0.1, -0.05) is 26.0 Å². The predicted octanol–water partition coefficient (Wildman–Crippen LogP) is 3.39. The monoisotopic (exact) mass is 150 g/mol. The van der Waals surface area contributed by atoms with Crippen LogP contribution in [0, 0.1) is 17.3 Å². The van der Waals surface area contributed by atoms with Crippen LogP contribution in [-0.4, -0.2) is 0 Å². The zero-order valence-corrected chi connectivity index (χ0v) is 7.64. The topological polar surface area (TPSA) is 0 Å². The smallest absolute Gasteiger partial charge is 0.0230 e. The first-order chi connectivity index (χ1) is 5.18. The zero-order valence-electron chi connectivity index (χ0n) is 7.64. The molecule has 2 rings (SSSR count). The Morgan fingerprint density at radius 1 is 1.36 bits per heavy atom. The summed E-state index contributed by atoms with van der Waals surface area (Å²) in [4.78, 5) is 0. The van der Waals surface area contributed by atoms with Crippen molar-refractivity contribution in [1.29, 1.82) is 0 Å². The van der Waals surface area contributed by atoms with Crippen molar-refractivity contribution >= 4 is 0 Å². The van der Waals surface area contributed by atoms with Crippen molar-refractivity contribution in [1.82, 2.24) is 0 Å². The summed E-state index contributed by atoms with van der Waals surface area (Å²) in [7, 11) is 0. The van der Waals surface area contributed by atoms with Crippen molar-refractivity contribution < 1.29 is 0 Å². The molecule has 0 heteroatoms. The molecular weight excluding hydrogens is 132 g/mol. The van der Waals surface area contributed by atoms with Gasteiger partial charge in [-0.25, -0.2) is 0 Å². The second-order valence-electron chi connectivity index (χ2n) is 4.88. The molecule has 0 aromatic heterocycles. The molecule has 0 nitrogen and oxygen atoms in total. The van der Waals surface area contributed by atoms with Crippen LogP contribution in [0.4, 0.5) is 0 Å². The molecule has 2 aliphatic rings. The van der Waals surface area contributed by atoms with E-state index in [4.69, 9.17) is 0 Å². The minimum absolute atomic E-state index is 0.626. The summed E-state index contributed by atoms with van der Waals surface area (Å²) in [5, 5.41) is 0. The van der Waals surface area contributed by atoms with Crippen LogP contribution in [0.3, 0.4) is 0 Å². The summed E-state index contributed by atoms with van der Waals surface area (Å²) < 4.78 is 0. The molecule has 0 aromatic carbocycles. The second kappa shape index (κ2) is 2.36. The van der Waals surface area contributed by atoms with Gasteiger partial charge in [0, 0.05) is 0 Å². The molecule has 0 aliphatic heterocycles. The first-order valence-electron chi connectivity index (χ1n) is 4.85. The summed E-state index contributed by atoms with van der Waals surface area (Å²) >= 11 is 0. The van der Waals surface area contributed by atoms with Gasteiger partial charge in [-0.3, -0.25) is 0 Å². The van der Waals surface area contributed by atoms with E-state index in [0.717, 1.165) is 11.8 Å². The van der Waals surface area contributed by atoms with Crippen LogP contribution in [0.5, 0.6) is 0 Å². The standard InChI is InChI=1S/C11H18/c1-11(2)7-6-9-4-3-5-10(11)8-9/h3-4,9-10H,5-8H2,1-2H3. The van der Waals surface area contributed by atoms with Gasteiger partial charge in [0.15, 0.2) is 0 Å². The Labute approximate surface area is 69.7 Å². The third kappa shape index (κ3) is 1.23. The molecule has 0 radical (unpaired) electrons. The van der Waals surface area contributed by atoms with Gasteiger partial charge in [-0.05, 0) is 42.9 Å². The van der Waals surface area contributed by atoms with Gasteiger partial charge in [0.2, 0.25) is 0 Å². The highest BCUT2D eigenvalue weighted by atomic mass is 14.4. The second-order valence-corrected chi connectivity index (χ2v) is 4.88. The molecule has 2 unspecified atom stereocenters. The van der Waals surface area contributed by atoms with Gasteiger partial charge in [0.25, 0.3) is 0 Å². The molecule has 2 atom stereocenters. The summed E-state index contributed by atoms with van der Waals surface area (Å²) in [6.45, 7) is 4.88. The van der Waals surface area contributed by atoms with Crippen LogP contribution >= 0.6 is 0 Å². The van der Waals surface area contributed by atoms with Gasteiger partial charge < -0.3 is 0 Å². The van der Waals surface area contributed by atoms with Gasteiger partial charge in [0.05, 0.1) is 0 Å². The van der Waals surface area contributed by atoms with E-state index in [9.17, 15) is 0 Å². The molecule has 11 heavy (non-hydrogen) atoms. The van der Waals surface area contributed by atoms with E-state index in [-0.39, 0.29) is 0 Å². The van der Waals surface area contributed by atoms with Crippen molar-refractivity contribution in [3.05, 3.63) is 12.2 Å². The maximum Gasteiger partial charge on any atom is -0.0230 e. The summed E-state index contributed by atoms with van der Waals surface area (Å²) in [6, 6.07) is 0. The van der Waals surface area contributed by atoms with E-state index in [1.807, 2.05) is 0 Å². The van der Waals surface area contributed by atoms with Crippen LogP contribution in [0.2, 0.25) is 0 Å². The quantitative estimate of drug-likeness (QED) is 0.464. The van der Waals surface area contributed by atoms with E-state index in [1.54, 1.807) is 0 Å². The number of fused-ring (bicyclic) bond motifs is 2. The molecule has 2 aliphatic carbocycles. The Morgan fingerprint density at radius 3 is 2.91 bits per heavy atom. The SMILES string of the molecule is CC1(C)CCC2C=CCC1C2. The van der Waals surface area contributed by atoms with E-state index in [0.29, 0.717) is 5.41 Å². The molecule has 0 spiro atoms. The lowest BCUT2D eigenvalue weighted by molar-refractivity contribution is 0.108. The highest BCUT2D eigenvalue weighted by Crippen LogP contribution is 2.47. The van der Waals surface area contributed by atoms with Gasteiger partial charge in [-0.2, -0.15) is 0 Å². The highest BCUT2D eigenvalue weighted by Gasteiger charge is 2.36. The molecule has 2 bridgehead atoms. The fourth-order valence-electron chi connectivity index (χ4n) is 2.59. The third-order valence-electron chi connectivity index (χ3n) is 3.68. The maximum atomic E-state index is 2.44. The first kappa shape index (κ1) is 7.39. The van der Waals surface area contributed by atoms with Gasteiger partial charge in [0.1, 0.15) is 0 Å². The lowest BCUT2D eigenvalue weighted by atomic mass is 9.62. The molecule has 1 fully saturated rings. The third-order valence-corrected chi connectivity index (χ3v) is 3.68. The molecule has 0 heterocycles. The lowest BCUT2D eigenvalue weighted by Gasteiger charge is -2.43. The largest absolute Gasteiger partial charge is 0.0880 e. The van der Waals surface area contributed by atoms with Crippen LogP contribution < -0.4 is 0 Å². The van der Waals surface area contributed by atoms with Gasteiger partial charge >= 0.3 is 0 Å². The molecule has 62 valence electrons. The lowest BCUT2D eigenvalue weighted by Crippen LogP contribution is -2.32. The van der Waals surface area contributed by atoms with Crippen molar-refractivity contribution in [2.24, 2.45) is 17.3 Å². The van der Waals surface area contributed by atoms with Crippen molar-refractivity contribution in [2.45, 2.75) is 39.5 Å². The van der Waals surface area contributed by atoms with Crippen molar-refractivity contribution in [3.8, 4) is 0 Å². The molecule has 0 amide bonds. The normalized spacial score (nSPS) is 40.5. The van der Waals surface area contributed by atoms with E-state index >= 15 is 0 Å². The summed E-state index contributed by atoms with van der Waals surface area (Å²) in [5.74, 6) is 1.91. The molecular formula is C11H18. The van der Waals surface area contributed by atoms with Crippen molar-refractivity contribution in [3.63, 3.8) is 0 Å². The minimum atomic E-state index is 0.626. The average Bonchev–Trinajstić information content (AvgIpc) is 2.00. The summed E-state index contributed by atoms with van der Waals surface area (Å²) in [6.07, 6.45) is 10.5. The molecule has 1 saturated carbocycles. The Morgan fingerprint density at radius 2 is 2.18 bits per heavy atom. The zero-order chi connectivity index (χ0) is 7.90. The van der Waals surface area contributed by atoms with E-state index in [1.165, 1.54) is 25.7 Å². The number of hydrogen-bond acceptors (Lipinski definition) is 0. The Balaban J connectivity index is 2.18. The van der Waals surface area contributed by atoms with Crippen LogP contribution in [0.1, 0.15) is 39.5 Å². The first-order valence-corrected chi connectivity index (χ1v) is 4.85. The predicted molar refractivity (Wildman–Crippen MR) is 48.4 cm³/mol. The number of allylic oxidation sites excluding steroid dienone is 2. The average molecular weight is 150 g/mol. The minimum Gasteiger partial charge on any atom is -0.0880 e. The van der Waals surface area contributed by atoms with Crippen molar-refractivity contribution in [2.75, 3.05) is 0 Å². The van der Waals surface area contributed by atoms with Gasteiger partial charge in [-0.15, -0.1) is 0 Å². The Bertz CT molecular complexity index is 176. The Kier molecular flexibility index (Phi) is 1.59. The number of hydrogen-bond donors (Lipinski definition) is 0. The summed E-state index contributed by atoms with van der Waals surface area (Å²) in [5.41, 5.74) is 0.626. The molecule has 0 N–H and O–H groups in total. The maximum absolute atomic E-state index is 2.44. The highest BCUT2D eigenvalue weighted by molar-refractivity contribution is 5.02. The van der Waals surface area contributed by atoms with Crippen LogP contribution in [0.25, 0.3) is 0 Å². The molecule has 0 saturated heterocycles. The van der Waals surface area contributed by atoms with E-state index in [2.05, 4.69) is 26.0 Å². The fourth-order valence-corrected chi connectivity index (χ4v) is 2.59. The van der Waals surface area contributed by atoms with Crippen LogP contribution in [0.15, 0.2) is 12.2 Å².